The van der Waals surface area contributed by atoms with E-state index in [9.17, 15) is 9.59 Å². The number of hydrogen-bond donors (Lipinski definition) is 1. The van der Waals surface area contributed by atoms with Crippen LogP contribution in [0.15, 0.2) is 48.6 Å². The summed E-state index contributed by atoms with van der Waals surface area (Å²) >= 11 is 0. The van der Waals surface area contributed by atoms with Crippen molar-refractivity contribution in [3.63, 3.8) is 0 Å². The van der Waals surface area contributed by atoms with Crippen LogP contribution in [-0.2, 0) is 14.3 Å². The summed E-state index contributed by atoms with van der Waals surface area (Å²) < 4.78 is 5.92. The normalized spacial score (nSPS) is 12.8. The van der Waals surface area contributed by atoms with Gasteiger partial charge in [-0.15, -0.1) is 0 Å². The van der Waals surface area contributed by atoms with Crippen LogP contribution < -0.4 is 0 Å². The van der Waals surface area contributed by atoms with Crippen molar-refractivity contribution in [1.29, 1.82) is 0 Å². The summed E-state index contributed by atoms with van der Waals surface area (Å²) in [5.41, 5.74) is 0. The summed E-state index contributed by atoms with van der Waals surface area (Å²) in [5.74, 6) is -0.739. The number of hydrogen-bond acceptors (Lipinski definition) is 3. The summed E-state index contributed by atoms with van der Waals surface area (Å²) in [6.45, 7) is 4.39. The number of carboxylic acid groups (broad SMARTS) is 1. The van der Waals surface area contributed by atoms with Crippen LogP contribution in [0.25, 0.3) is 0 Å². The molecule has 0 fully saturated rings. The predicted octanol–water partition coefficient (Wildman–Crippen LogP) is 11.2. The van der Waals surface area contributed by atoms with Crippen molar-refractivity contribution in [2.45, 2.75) is 168 Å². The molecule has 4 heteroatoms. The summed E-state index contributed by atoms with van der Waals surface area (Å²) in [6, 6.07) is 0. The van der Waals surface area contributed by atoms with Gasteiger partial charge in [0.25, 0.3) is 0 Å². The Labute approximate surface area is 247 Å². The summed E-state index contributed by atoms with van der Waals surface area (Å²) in [7, 11) is 0. The molecule has 0 aliphatic heterocycles. The van der Waals surface area contributed by atoms with Crippen LogP contribution in [0.5, 0.6) is 0 Å². The second kappa shape index (κ2) is 31.4. The fraction of sp³-hybridized carbons (Fsp3) is 0.722. The molecule has 0 aromatic carbocycles. The Bertz CT molecular complexity index is 689. The van der Waals surface area contributed by atoms with E-state index in [-0.39, 0.29) is 18.5 Å². The molecule has 0 rings (SSSR count). The maximum atomic E-state index is 12.5. The molecule has 0 aromatic heterocycles. The van der Waals surface area contributed by atoms with E-state index in [1.165, 1.54) is 32.1 Å². The average molecular weight is 559 g/mol. The molecular formula is C36H62O4. The standard InChI is InChI=1S/C36H62O4/c1-3-5-7-9-11-12-13-14-15-16-17-18-20-22-26-30-34(31-27-23-21-24-28-32-35(37)38)40-36(39)33-29-25-19-10-8-6-4-2/h5,7,11-12,14-15,17-18,34H,3-4,6,8-10,13,16,19-33H2,1-2H3,(H,37,38)/b7-5-,12-11-,15-14-,18-17-. The van der Waals surface area contributed by atoms with Crippen LogP contribution in [0.1, 0.15) is 162 Å². The van der Waals surface area contributed by atoms with Gasteiger partial charge < -0.3 is 9.84 Å². The molecule has 0 aliphatic carbocycles. The van der Waals surface area contributed by atoms with E-state index in [2.05, 4.69) is 62.5 Å². The average Bonchev–Trinajstić information content (AvgIpc) is 2.93. The van der Waals surface area contributed by atoms with Crippen molar-refractivity contribution in [1.82, 2.24) is 0 Å². The van der Waals surface area contributed by atoms with Crippen molar-refractivity contribution in [2.24, 2.45) is 0 Å². The molecular weight excluding hydrogens is 496 g/mol. The highest BCUT2D eigenvalue weighted by Gasteiger charge is 2.14. The minimum Gasteiger partial charge on any atom is -0.481 e. The topological polar surface area (TPSA) is 63.6 Å². The third-order valence-electron chi connectivity index (χ3n) is 7.07. The summed E-state index contributed by atoms with van der Waals surface area (Å²) in [4.78, 5) is 23.1. The molecule has 0 amide bonds. The SMILES string of the molecule is CC/C=C\C/C=C\C/C=C\C/C=C\CCCCC(CCCCCCCC(=O)O)OC(=O)CCCCCCCCC. The Morgan fingerprint density at radius 1 is 0.575 bits per heavy atom. The summed E-state index contributed by atoms with van der Waals surface area (Å²) in [6.07, 6.45) is 41.2. The van der Waals surface area contributed by atoms with Gasteiger partial charge in [-0.3, -0.25) is 9.59 Å². The quantitative estimate of drug-likeness (QED) is 0.0563. The van der Waals surface area contributed by atoms with Gasteiger partial charge >= 0.3 is 11.9 Å². The van der Waals surface area contributed by atoms with Gasteiger partial charge in [0, 0.05) is 12.8 Å². The monoisotopic (exact) mass is 558 g/mol. The van der Waals surface area contributed by atoms with E-state index in [1.54, 1.807) is 0 Å². The smallest absolute Gasteiger partial charge is 0.306 e. The van der Waals surface area contributed by atoms with Crippen LogP contribution in [0.3, 0.4) is 0 Å². The zero-order valence-electron chi connectivity index (χ0n) is 26.1. The van der Waals surface area contributed by atoms with Crippen LogP contribution in [0.2, 0.25) is 0 Å². The molecule has 0 spiro atoms. The van der Waals surface area contributed by atoms with Gasteiger partial charge in [-0.05, 0) is 77.0 Å². The number of carbonyl (C=O) groups is 2. The first-order valence-corrected chi connectivity index (χ1v) is 16.6. The maximum Gasteiger partial charge on any atom is 0.306 e. The Morgan fingerprint density at radius 2 is 1.05 bits per heavy atom. The molecule has 4 nitrogen and oxygen atoms in total. The molecule has 0 aromatic rings. The molecule has 0 radical (unpaired) electrons. The van der Waals surface area contributed by atoms with Crippen molar-refractivity contribution < 1.29 is 19.4 Å². The second-order valence-corrected chi connectivity index (χ2v) is 11.0. The fourth-order valence-electron chi connectivity index (χ4n) is 4.64. The molecule has 0 aliphatic rings. The molecule has 1 N–H and O–H groups in total. The van der Waals surface area contributed by atoms with E-state index < -0.39 is 5.97 Å². The number of aliphatic carboxylic acids is 1. The largest absolute Gasteiger partial charge is 0.481 e. The van der Waals surface area contributed by atoms with Crippen molar-refractivity contribution in [2.75, 3.05) is 0 Å². The molecule has 0 bridgehead atoms. The second-order valence-electron chi connectivity index (χ2n) is 11.0. The van der Waals surface area contributed by atoms with Gasteiger partial charge in [0.1, 0.15) is 6.10 Å². The Balaban J connectivity index is 4.19. The zero-order valence-corrected chi connectivity index (χ0v) is 26.1. The highest BCUT2D eigenvalue weighted by atomic mass is 16.5. The maximum absolute atomic E-state index is 12.5. The molecule has 230 valence electrons. The van der Waals surface area contributed by atoms with E-state index in [4.69, 9.17) is 9.84 Å². The van der Waals surface area contributed by atoms with Crippen molar-refractivity contribution >= 4 is 11.9 Å². The van der Waals surface area contributed by atoms with Crippen molar-refractivity contribution in [3.8, 4) is 0 Å². The van der Waals surface area contributed by atoms with Gasteiger partial charge in [0.15, 0.2) is 0 Å². The highest BCUT2D eigenvalue weighted by Crippen LogP contribution is 2.18. The number of carbonyl (C=O) groups excluding carboxylic acids is 1. The predicted molar refractivity (Wildman–Crippen MR) is 172 cm³/mol. The number of rotatable bonds is 29. The van der Waals surface area contributed by atoms with Crippen LogP contribution in [0.4, 0.5) is 0 Å². The van der Waals surface area contributed by atoms with Gasteiger partial charge in [-0.1, -0.05) is 120 Å². The summed E-state index contributed by atoms with van der Waals surface area (Å²) in [5, 5.41) is 8.77. The molecule has 0 saturated carbocycles. The Kier molecular flexibility index (Phi) is 29.8. The molecule has 1 unspecified atom stereocenters. The highest BCUT2D eigenvalue weighted by molar-refractivity contribution is 5.69. The molecule has 0 heterocycles. The van der Waals surface area contributed by atoms with Gasteiger partial charge in [0.2, 0.25) is 0 Å². The third-order valence-corrected chi connectivity index (χ3v) is 7.07. The molecule has 0 saturated heterocycles. The van der Waals surface area contributed by atoms with Crippen molar-refractivity contribution in [3.05, 3.63) is 48.6 Å². The number of esters is 1. The fourth-order valence-corrected chi connectivity index (χ4v) is 4.64. The Hall–Kier alpha value is -2.10. The number of ether oxygens (including phenoxy) is 1. The molecule has 40 heavy (non-hydrogen) atoms. The first-order valence-electron chi connectivity index (χ1n) is 16.6. The minimum atomic E-state index is -0.710. The van der Waals surface area contributed by atoms with Crippen LogP contribution >= 0.6 is 0 Å². The number of allylic oxidation sites excluding steroid dienone is 8. The van der Waals surface area contributed by atoms with Gasteiger partial charge in [-0.2, -0.15) is 0 Å². The first kappa shape index (κ1) is 37.9. The number of carboxylic acids is 1. The lowest BCUT2D eigenvalue weighted by molar-refractivity contribution is -0.150. The minimum absolute atomic E-state index is 0.0218. The first-order chi connectivity index (χ1) is 19.6. The van der Waals surface area contributed by atoms with E-state index in [0.29, 0.717) is 6.42 Å². The van der Waals surface area contributed by atoms with Crippen LogP contribution in [-0.4, -0.2) is 23.1 Å². The third kappa shape index (κ3) is 30.4. The van der Waals surface area contributed by atoms with E-state index in [1.807, 2.05) is 0 Å². The van der Waals surface area contributed by atoms with E-state index in [0.717, 1.165) is 103 Å². The van der Waals surface area contributed by atoms with Gasteiger partial charge in [-0.25, -0.2) is 0 Å². The molecule has 1 atom stereocenters. The lowest BCUT2D eigenvalue weighted by Gasteiger charge is -2.18. The lowest BCUT2D eigenvalue weighted by Crippen LogP contribution is -2.18. The van der Waals surface area contributed by atoms with E-state index >= 15 is 0 Å². The number of unbranched alkanes of at least 4 members (excludes halogenated alkanes) is 12. The van der Waals surface area contributed by atoms with Crippen LogP contribution in [0, 0.1) is 0 Å². The van der Waals surface area contributed by atoms with Gasteiger partial charge in [0.05, 0.1) is 0 Å². The zero-order chi connectivity index (χ0) is 29.4. The lowest BCUT2D eigenvalue weighted by atomic mass is 10.0. The Morgan fingerprint density at radius 3 is 1.62 bits per heavy atom.